The zero-order valence-electron chi connectivity index (χ0n) is 11.3. The van der Waals surface area contributed by atoms with Gasteiger partial charge in [0.25, 0.3) is 0 Å². The van der Waals surface area contributed by atoms with Crippen LogP contribution in [-0.4, -0.2) is 37.1 Å². The van der Waals surface area contributed by atoms with Gasteiger partial charge in [-0.1, -0.05) is 12.8 Å². The molecule has 2 nitrogen and oxygen atoms in total. The van der Waals surface area contributed by atoms with Crippen molar-refractivity contribution in [2.24, 2.45) is 11.8 Å². The normalized spacial score (nSPS) is 42.9. The van der Waals surface area contributed by atoms with E-state index in [0.717, 1.165) is 23.9 Å². The molecule has 3 aliphatic rings. The molecule has 0 bridgehead atoms. The molecule has 0 aromatic heterocycles. The summed E-state index contributed by atoms with van der Waals surface area (Å²) in [6, 6.07) is 1.88. The van der Waals surface area contributed by atoms with Gasteiger partial charge in [0.2, 0.25) is 0 Å². The van der Waals surface area contributed by atoms with E-state index in [-0.39, 0.29) is 0 Å². The topological polar surface area (TPSA) is 15.3 Å². The lowest BCUT2D eigenvalue weighted by Crippen LogP contribution is -2.58. The maximum atomic E-state index is 3.38. The number of nitrogens with one attached hydrogen (secondary N) is 1. The maximum Gasteiger partial charge on any atom is 0.0139 e. The molecule has 0 amide bonds. The second-order valence-corrected chi connectivity index (χ2v) is 6.45. The zero-order valence-corrected chi connectivity index (χ0v) is 11.3. The van der Waals surface area contributed by atoms with E-state index in [0.29, 0.717) is 0 Å². The third kappa shape index (κ3) is 2.26. The van der Waals surface area contributed by atoms with E-state index in [4.69, 9.17) is 0 Å². The summed E-state index contributed by atoms with van der Waals surface area (Å²) in [6.07, 6.45) is 11.9. The van der Waals surface area contributed by atoms with Gasteiger partial charge < -0.3 is 5.32 Å². The molecular weight excluding hydrogens is 208 g/mol. The van der Waals surface area contributed by atoms with Gasteiger partial charge in [-0.05, 0) is 70.5 Å². The molecular formula is C15H28N2. The quantitative estimate of drug-likeness (QED) is 0.810. The highest BCUT2D eigenvalue weighted by molar-refractivity contribution is 4.97. The molecule has 0 spiro atoms. The number of hydrogen-bond acceptors (Lipinski definition) is 2. The molecule has 4 unspecified atom stereocenters. The van der Waals surface area contributed by atoms with Crippen LogP contribution < -0.4 is 5.32 Å². The smallest absolute Gasteiger partial charge is 0.0139 e. The summed E-state index contributed by atoms with van der Waals surface area (Å²) < 4.78 is 0. The van der Waals surface area contributed by atoms with Gasteiger partial charge in [0.05, 0.1) is 0 Å². The Bertz CT molecular complexity index is 251. The van der Waals surface area contributed by atoms with Gasteiger partial charge in [-0.2, -0.15) is 0 Å². The highest BCUT2D eigenvalue weighted by Crippen LogP contribution is 2.41. The molecule has 2 heteroatoms. The average Bonchev–Trinajstić information content (AvgIpc) is 2.35. The fourth-order valence-electron chi connectivity index (χ4n) is 4.56. The van der Waals surface area contributed by atoms with Crippen LogP contribution in [0.5, 0.6) is 0 Å². The van der Waals surface area contributed by atoms with Gasteiger partial charge in [-0.25, -0.2) is 0 Å². The first-order chi connectivity index (χ1) is 8.40. The van der Waals surface area contributed by atoms with Crippen LogP contribution in [0, 0.1) is 11.8 Å². The van der Waals surface area contributed by atoms with Gasteiger partial charge in [-0.3, -0.25) is 4.90 Å². The van der Waals surface area contributed by atoms with Crippen molar-refractivity contribution in [2.75, 3.05) is 20.1 Å². The second-order valence-electron chi connectivity index (χ2n) is 6.45. The second kappa shape index (κ2) is 5.27. The van der Waals surface area contributed by atoms with E-state index in [1.165, 1.54) is 64.5 Å². The van der Waals surface area contributed by atoms with E-state index < -0.39 is 0 Å². The summed E-state index contributed by atoms with van der Waals surface area (Å²) in [5.74, 6) is 1.99. The number of likely N-dealkylation sites (tertiary alicyclic amines) is 1. The summed E-state index contributed by atoms with van der Waals surface area (Å²) in [7, 11) is 2.11. The summed E-state index contributed by atoms with van der Waals surface area (Å²) in [5, 5.41) is 3.38. The van der Waals surface area contributed by atoms with Gasteiger partial charge in [0.1, 0.15) is 0 Å². The molecule has 0 radical (unpaired) electrons. The van der Waals surface area contributed by atoms with E-state index in [2.05, 4.69) is 17.3 Å². The minimum Gasteiger partial charge on any atom is -0.319 e. The Hall–Kier alpha value is -0.0800. The largest absolute Gasteiger partial charge is 0.319 e. The molecule has 1 heterocycles. The van der Waals surface area contributed by atoms with Crippen molar-refractivity contribution in [3.8, 4) is 0 Å². The molecule has 0 aromatic carbocycles. The van der Waals surface area contributed by atoms with Crippen molar-refractivity contribution in [2.45, 2.75) is 63.5 Å². The Morgan fingerprint density at radius 2 is 1.76 bits per heavy atom. The predicted molar refractivity (Wildman–Crippen MR) is 72.1 cm³/mol. The first kappa shape index (κ1) is 12.0. The van der Waals surface area contributed by atoms with Gasteiger partial charge >= 0.3 is 0 Å². The van der Waals surface area contributed by atoms with Crippen molar-refractivity contribution in [1.29, 1.82) is 0 Å². The van der Waals surface area contributed by atoms with Crippen LogP contribution >= 0.6 is 0 Å². The lowest BCUT2D eigenvalue weighted by atomic mass is 9.72. The Kier molecular flexibility index (Phi) is 3.72. The van der Waals surface area contributed by atoms with Crippen LogP contribution in [0.1, 0.15) is 51.4 Å². The molecule has 1 saturated heterocycles. The molecule has 2 aliphatic carbocycles. The fraction of sp³-hybridized carbons (Fsp3) is 1.00. The van der Waals surface area contributed by atoms with E-state index in [1.807, 2.05) is 0 Å². The Morgan fingerprint density at radius 1 is 0.941 bits per heavy atom. The van der Waals surface area contributed by atoms with Crippen LogP contribution in [0.15, 0.2) is 0 Å². The van der Waals surface area contributed by atoms with Crippen molar-refractivity contribution in [3.63, 3.8) is 0 Å². The summed E-state index contributed by atoms with van der Waals surface area (Å²) in [5.41, 5.74) is 0. The van der Waals surface area contributed by atoms with Crippen LogP contribution in [0.4, 0.5) is 0 Å². The number of fused-ring (bicyclic) bond motifs is 1. The molecule has 4 atom stereocenters. The van der Waals surface area contributed by atoms with Gasteiger partial charge in [0.15, 0.2) is 0 Å². The third-order valence-corrected chi connectivity index (χ3v) is 5.56. The molecule has 1 aliphatic heterocycles. The van der Waals surface area contributed by atoms with Gasteiger partial charge in [-0.15, -0.1) is 0 Å². The van der Waals surface area contributed by atoms with Crippen molar-refractivity contribution in [1.82, 2.24) is 10.2 Å². The van der Waals surface area contributed by atoms with Crippen molar-refractivity contribution >= 4 is 0 Å². The van der Waals surface area contributed by atoms with Gasteiger partial charge in [0, 0.05) is 12.1 Å². The Morgan fingerprint density at radius 3 is 2.53 bits per heavy atom. The molecule has 2 saturated carbocycles. The first-order valence-corrected chi connectivity index (χ1v) is 7.80. The van der Waals surface area contributed by atoms with E-state index in [9.17, 15) is 0 Å². The number of rotatable bonds is 3. The predicted octanol–water partition coefficient (Wildman–Crippen LogP) is 2.64. The summed E-state index contributed by atoms with van der Waals surface area (Å²) in [6.45, 7) is 2.63. The zero-order chi connectivity index (χ0) is 11.7. The van der Waals surface area contributed by atoms with Crippen LogP contribution in [0.25, 0.3) is 0 Å². The monoisotopic (exact) mass is 236 g/mol. The van der Waals surface area contributed by atoms with E-state index in [1.54, 1.807) is 0 Å². The fourth-order valence-corrected chi connectivity index (χ4v) is 4.56. The number of piperidine rings is 1. The molecule has 17 heavy (non-hydrogen) atoms. The molecule has 98 valence electrons. The highest BCUT2D eigenvalue weighted by Gasteiger charge is 2.42. The highest BCUT2D eigenvalue weighted by atomic mass is 15.2. The third-order valence-electron chi connectivity index (χ3n) is 5.56. The van der Waals surface area contributed by atoms with E-state index >= 15 is 0 Å². The molecule has 1 N–H and O–H groups in total. The minimum atomic E-state index is 0.924. The van der Waals surface area contributed by atoms with Crippen molar-refractivity contribution in [3.05, 3.63) is 0 Å². The lowest BCUT2D eigenvalue weighted by molar-refractivity contribution is -0.0313. The maximum absolute atomic E-state index is 3.38. The van der Waals surface area contributed by atoms with Crippen LogP contribution in [0.3, 0.4) is 0 Å². The Labute approximate surface area is 106 Å². The number of hydrogen-bond donors (Lipinski definition) is 1. The van der Waals surface area contributed by atoms with Crippen LogP contribution in [0.2, 0.25) is 0 Å². The summed E-state index contributed by atoms with van der Waals surface area (Å²) >= 11 is 0. The average molecular weight is 236 g/mol. The summed E-state index contributed by atoms with van der Waals surface area (Å²) in [4.78, 5) is 2.93. The first-order valence-electron chi connectivity index (χ1n) is 7.80. The number of nitrogens with zero attached hydrogens (tertiary/aromatic N) is 1. The lowest BCUT2D eigenvalue weighted by Gasteiger charge is -2.53. The minimum absolute atomic E-state index is 0.924. The van der Waals surface area contributed by atoms with Crippen LogP contribution in [-0.2, 0) is 0 Å². The van der Waals surface area contributed by atoms with Crippen molar-refractivity contribution < 1.29 is 0 Å². The molecule has 3 rings (SSSR count). The standard InChI is InChI=1S/C15H28N2/c1-16-11-13-8-9-15(13)17-10-4-6-12-5-2-3-7-14(12)17/h12-16H,2-11H2,1H3. The SMILES string of the molecule is CNCC1CCC1N1CCCC2CCCCC21. The molecule has 3 fully saturated rings. The molecule has 0 aromatic rings. The Balaban J connectivity index is 1.64.